The van der Waals surface area contributed by atoms with Crippen molar-refractivity contribution in [2.24, 2.45) is 0 Å². The summed E-state index contributed by atoms with van der Waals surface area (Å²) < 4.78 is 0.783. The van der Waals surface area contributed by atoms with Crippen molar-refractivity contribution >= 4 is 39.9 Å². The van der Waals surface area contributed by atoms with E-state index in [0.29, 0.717) is 5.75 Å². The molecule has 0 heterocycles. The molecule has 0 saturated carbocycles. The Kier molecular flexibility index (Phi) is 7.02. The van der Waals surface area contributed by atoms with Crippen LogP contribution in [0.3, 0.4) is 0 Å². The fourth-order valence-electron chi connectivity index (χ4n) is 1.76. The van der Waals surface area contributed by atoms with Gasteiger partial charge in [-0.3, -0.25) is 4.79 Å². The molecule has 110 valence electrons. The SMILES string of the molecule is CCN(CC)C(=S)SCC(=O)Nc1cc(C)ccc1C. The second kappa shape index (κ2) is 8.27. The summed E-state index contributed by atoms with van der Waals surface area (Å²) in [6, 6.07) is 6.04. The van der Waals surface area contributed by atoms with Crippen molar-refractivity contribution in [2.45, 2.75) is 27.7 Å². The van der Waals surface area contributed by atoms with Crippen LogP contribution >= 0.6 is 24.0 Å². The zero-order valence-electron chi connectivity index (χ0n) is 12.5. The molecule has 1 aromatic carbocycles. The van der Waals surface area contributed by atoms with Crippen LogP contribution in [0.5, 0.6) is 0 Å². The number of carbonyl (C=O) groups is 1. The van der Waals surface area contributed by atoms with Gasteiger partial charge < -0.3 is 10.2 Å². The molecular weight excluding hydrogens is 288 g/mol. The lowest BCUT2D eigenvalue weighted by molar-refractivity contribution is -0.113. The van der Waals surface area contributed by atoms with Crippen molar-refractivity contribution in [1.82, 2.24) is 4.90 Å². The summed E-state index contributed by atoms with van der Waals surface area (Å²) >= 11 is 6.73. The minimum Gasteiger partial charge on any atom is -0.358 e. The minimum absolute atomic E-state index is 0.0155. The van der Waals surface area contributed by atoms with Gasteiger partial charge in [-0.15, -0.1) is 0 Å². The number of thiocarbonyl (C=S) groups is 1. The molecule has 1 N–H and O–H groups in total. The summed E-state index contributed by atoms with van der Waals surface area (Å²) in [5.74, 6) is 0.334. The van der Waals surface area contributed by atoms with Crippen molar-refractivity contribution in [3.63, 3.8) is 0 Å². The van der Waals surface area contributed by atoms with E-state index in [1.165, 1.54) is 11.8 Å². The monoisotopic (exact) mass is 310 g/mol. The van der Waals surface area contributed by atoms with Crippen LogP contribution in [0, 0.1) is 13.8 Å². The van der Waals surface area contributed by atoms with Crippen molar-refractivity contribution < 1.29 is 4.79 Å². The number of nitrogens with one attached hydrogen (secondary N) is 1. The Labute approximate surface area is 131 Å². The fraction of sp³-hybridized carbons (Fsp3) is 0.467. The molecule has 0 radical (unpaired) electrons. The maximum Gasteiger partial charge on any atom is 0.234 e. The number of rotatable bonds is 5. The number of anilines is 1. The minimum atomic E-state index is -0.0155. The van der Waals surface area contributed by atoms with Crippen molar-refractivity contribution in [1.29, 1.82) is 0 Å². The maximum atomic E-state index is 12.0. The third-order valence-corrected chi connectivity index (χ3v) is 4.54. The topological polar surface area (TPSA) is 32.3 Å². The summed E-state index contributed by atoms with van der Waals surface area (Å²) in [6.07, 6.45) is 0. The van der Waals surface area contributed by atoms with Crippen LogP contribution in [0.1, 0.15) is 25.0 Å². The summed E-state index contributed by atoms with van der Waals surface area (Å²) in [5, 5.41) is 2.94. The van der Waals surface area contributed by atoms with Crippen LogP contribution in [-0.2, 0) is 4.79 Å². The first-order valence-electron chi connectivity index (χ1n) is 6.76. The van der Waals surface area contributed by atoms with E-state index in [-0.39, 0.29) is 5.91 Å². The van der Waals surface area contributed by atoms with E-state index >= 15 is 0 Å². The summed E-state index contributed by atoms with van der Waals surface area (Å²) in [5.41, 5.74) is 3.09. The zero-order chi connectivity index (χ0) is 15.1. The first-order chi connectivity index (χ1) is 9.47. The lowest BCUT2D eigenvalue weighted by Gasteiger charge is -2.20. The Bertz CT molecular complexity index is 485. The predicted octanol–water partition coefficient (Wildman–Crippen LogP) is 3.60. The molecule has 1 rings (SSSR count). The summed E-state index contributed by atoms with van der Waals surface area (Å²) in [6.45, 7) is 9.88. The molecule has 0 fully saturated rings. The molecule has 0 aliphatic heterocycles. The van der Waals surface area contributed by atoms with E-state index in [2.05, 4.69) is 24.1 Å². The van der Waals surface area contributed by atoms with Crippen LogP contribution < -0.4 is 5.32 Å². The first-order valence-corrected chi connectivity index (χ1v) is 8.16. The third kappa shape index (κ3) is 5.13. The average Bonchev–Trinajstić information content (AvgIpc) is 2.42. The van der Waals surface area contributed by atoms with Gasteiger partial charge in [-0.1, -0.05) is 36.1 Å². The number of aryl methyl sites for hydroxylation is 2. The molecule has 0 unspecified atom stereocenters. The van der Waals surface area contributed by atoms with E-state index in [1.807, 2.05) is 32.0 Å². The smallest absolute Gasteiger partial charge is 0.234 e. The van der Waals surface area contributed by atoms with E-state index < -0.39 is 0 Å². The van der Waals surface area contributed by atoms with Gasteiger partial charge in [0.2, 0.25) is 5.91 Å². The van der Waals surface area contributed by atoms with Crippen LogP contribution in [0.15, 0.2) is 18.2 Å². The van der Waals surface area contributed by atoms with Gasteiger partial charge in [0.25, 0.3) is 0 Å². The van der Waals surface area contributed by atoms with E-state index in [4.69, 9.17) is 12.2 Å². The van der Waals surface area contributed by atoms with Gasteiger partial charge in [0, 0.05) is 18.8 Å². The quantitative estimate of drug-likeness (QED) is 0.842. The van der Waals surface area contributed by atoms with E-state index in [1.54, 1.807) is 0 Å². The number of carbonyl (C=O) groups excluding carboxylic acids is 1. The molecule has 1 aromatic rings. The number of hydrogen-bond donors (Lipinski definition) is 1. The molecule has 3 nitrogen and oxygen atoms in total. The number of amides is 1. The highest BCUT2D eigenvalue weighted by Gasteiger charge is 2.10. The van der Waals surface area contributed by atoms with Crippen LogP contribution in [0.2, 0.25) is 0 Å². The highest BCUT2D eigenvalue weighted by atomic mass is 32.2. The molecular formula is C15H22N2OS2. The molecule has 0 bridgehead atoms. The molecule has 0 aliphatic carbocycles. The van der Waals surface area contributed by atoms with Gasteiger partial charge in [-0.25, -0.2) is 0 Å². The molecule has 0 saturated heterocycles. The molecule has 0 atom stereocenters. The van der Waals surface area contributed by atoms with Crippen molar-refractivity contribution in [3.05, 3.63) is 29.3 Å². The van der Waals surface area contributed by atoms with Crippen LogP contribution in [0.25, 0.3) is 0 Å². The van der Waals surface area contributed by atoms with Gasteiger partial charge in [0.05, 0.1) is 5.75 Å². The standard InChI is InChI=1S/C15H22N2OS2/c1-5-17(6-2)15(19)20-10-14(18)16-13-9-11(3)7-8-12(13)4/h7-9H,5-6,10H2,1-4H3,(H,16,18). The van der Waals surface area contributed by atoms with Gasteiger partial charge >= 0.3 is 0 Å². The van der Waals surface area contributed by atoms with Gasteiger partial charge in [0.1, 0.15) is 4.32 Å². The first kappa shape index (κ1) is 17.0. The second-order valence-electron chi connectivity index (χ2n) is 4.59. The average molecular weight is 310 g/mol. The van der Waals surface area contributed by atoms with Crippen molar-refractivity contribution in [3.8, 4) is 0 Å². The second-order valence-corrected chi connectivity index (χ2v) is 6.20. The van der Waals surface area contributed by atoms with Gasteiger partial charge in [-0.2, -0.15) is 0 Å². The van der Waals surface area contributed by atoms with E-state index in [9.17, 15) is 4.79 Å². The lowest BCUT2D eigenvalue weighted by atomic mass is 10.1. The zero-order valence-corrected chi connectivity index (χ0v) is 14.2. The number of benzene rings is 1. The summed E-state index contributed by atoms with van der Waals surface area (Å²) in [7, 11) is 0. The van der Waals surface area contributed by atoms with Gasteiger partial charge in [-0.05, 0) is 44.9 Å². The number of thioether (sulfide) groups is 1. The highest BCUT2D eigenvalue weighted by Crippen LogP contribution is 2.17. The molecule has 0 aliphatic rings. The number of nitrogens with zero attached hydrogens (tertiary/aromatic N) is 1. The molecule has 0 spiro atoms. The van der Waals surface area contributed by atoms with Gasteiger partial charge in [0.15, 0.2) is 0 Å². The Balaban J connectivity index is 2.52. The van der Waals surface area contributed by atoms with E-state index in [0.717, 1.165) is 34.2 Å². The summed E-state index contributed by atoms with van der Waals surface area (Å²) in [4.78, 5) is 14.0. The third-order valence-electron chi connectivity index (χ3n) is 3.02. The molecule has 1 amide bonds. The molecule has 20 heavy (non-hydrogen) atoms. The Morgan fingerprint density at radius 1 is 1.30 bits per heavy atom. The predicted molar refractivity (Wildman–Crippen MR) is 92.5 cm³/mol. The Morgan fingerprint density at radius 3 is 2.55 bits per heavy atom. The normalized spacial score (nSPS) is 10.2. The largest absolute Gasteiger partial charge is 0.358 e. The highest BCUT2D eigenvalue weighted by molar-refractivity contribution is 8.23. The van der Waals surface area contributed by atoms with Crippen LogP contribution in [0.4, 0.5) is 5.69 Å². The maximum absolute atomic E-state index is 12.0. The lowest BCUT2D eigenvalue weighted by Crippen LogP contribution is -2.28. The molecule has 0 aromatic heterocycles. The Morgan fingerprint density at radius 2 is 1.95 bits per heavy atom. The number of hydrogen-bond acceptors (Lipinski definition) is 3. The fourth-order valence-corrected chi connectivity index (χ4v) is 2.96. The van der Waals surface area contributed by atoms with Crippen LogP contribution in [-0.4, -0.2) is 34.0 Å². The Hall–Kier alpha value is -1.07. The molecule has 5 heteroatoms. The van der Waals surface area contributed by atoms with Crippen molar-refractivity contribution in [2.75, 3.05) is 24.2 Å².